The summed E-state index contributed by atoms with van der Waals surface area (Å²) in [6.45, 7) is 4.23. The van der Waals surface area contributed by atoms with E-state index in [-0.39, 0.29) is 5.82 Å². The van der Waals surface area contributed by atoms with Crippen LogP contribution in [0.4, 0.5) is 4.39 Å². The van der Waals surface area contributed by atoms with Crippen LogP contribution in [0, 0.1) is 18.7 Å². The van der Waals surface area contributed by atoms with E-state index >= 15 is 0 Å². The number of imidazole rings is 1. The molecule has 1 N–H and O–H groups in total. The van der Waals surface area contributed by atoms with Crippen LogP contribution in [-0.4, -0.2) is 22.5 Å². The van der Waals surface area contributed by atoms with E-state index in [0.717, 1.165) is 30.9 Å². The van der Waals surface area contributed by atoms with E-state index in [4.69, 9.17) is 0 Å². The zero-order valence-electron chi connectivity index (χ0n) is 9.91. The first kappa shape index (κ1) is 10.7. The van der Waals surface area contributed by atoms with Crippen molar-refractivity contribution in [2.45, 2.75) is 19.8 Å². The normalized spacial score (nSPS) is 20.2. The van der Waals surface area contributed by atoms with Gasteiger partial charge in [0.2, 0.25) is 0 Å². The van der Waals surface area contributed by atoms with E-state index < -0.39 is 0 Å². The number of pyridine rings is 1. The largest absolute Gasteiger partial charge is 0.316 e. The van der Waals surface area contributed by atoms with Gasteiger partial charge in [0.1, 0.15) is 11.5 Å². The number of hydrogen-bond donors (Lipinski definition) is 1. The number of nitrogens with zero attached hydrogens (tertiary/aromatic N) is 2. The Morgan fingerprint density at radius 3 is 3.24 bits per heavy atom. The standard InChI is InChI=1S/C13H16FN3/c1-9-12(6-10-2-4-15-8-10)16-13-7-11(14)3-5-17(9)13/h3,5,7,10,15H,2,4,6,8H2,1H3. The van der Waals surface area contributed by atoms with Crippen molar-refractivity contribution >= 4 is 5.65 Å². The zero-order chi connectivity index (χ0) is 11.8. The van der Waals surface area contributed by atoms with Gasteiger partial charge in [-0.3, -0.25) is 0 Å². The Balaban J connectivity index is 1.96. The van der Waals surface area contributed by atoms with E-state index in [2.05, 4.69) is 17.2 Å². The summed E-state index contributed by atoms with van der Waals surface area (Å²) < 4.78 is 15.1. The van der Waals surface area contributed by atoms with Gasteiger partial charge >= 0.3 is 0 Å². The van der Waals surface area contributed by atoms with Gasteiger partial charge in [0, 0.05) is 18.0 Å². The molecule has 1 atom stereocenters. The van der Waals surface area contributed by atoms with Crippen molar-refractivity contribution in [1.29, 1.82) is 0 Å². The second kappa shape index (κ2) is 4.11. The molecule has 0 aliphatic carbocycles. The van der Waals surface area contributed by atoms with Crippen molar-refractivity contribution in [3.8, 4) is 0 Å². The van der Waals surface area contributed by atoms with E-state index in [1.807, 2.05) is 4.40 Å². The van der Waals surface area contributed by atoms with Crippen LogP contribution in [0.15, 0.2) is 18.3 Å². The highest BCUT2D eigenvalue weighted by molar-refractivity contribution is 5.43. The van der Waals surface area contributed by atoms with Crippen molar-refractivity contribution in [2.24, 2.45) is 5.92 Å². The molecule has 3 nitrogen and oxygen atoms in total. The minimum absolute atomic E-state index is 0.225. The molecule has 1 fully saturated rings. The molecule has 90 valence electrons. The second-order valence-electron chi connectivity index (χ2n) is 4.78. The molecule has 0 aromatic carbocycles. The van der Waals surface area contributed by atoms with Crippen LogP contribution in [0.3, 0.4) is 0 Å². The summed E-state index contributed by atoms with van der Waals surface area (Å²) in [4.78, 5) is 4.53. The summed E-state index contributed by atoms with van der Waals surface area (Å²) in [5.74, 6) is 0.444. The van der Waals surface area contributed by atoms with Gasteiger partial charge in [0.25, 0.3) is 0 Å². The molecule has 0 radical (unpaired) electrons. The minimum atomic E-state index is -0.225. The van der Waals surface area contributed by atoms with Gasteiger partial charge in [-0.15, -0.1) is 0 Å². The molecule has 2 aromatic heterocycles. The van der Waals surface area contributed by atoms with Crippen LogP contribution in [0.25, 0.3) is 5.65 Å². The van der Waals surface area contributed by atoms with Crippen LogP contribution < -0.4 is 5.32 Å². The van der Waals surface area contributed by atoms with E-state index in [1.54, 1.807) is 6.20 Å². The van der Waals surface area contributed by atoms with Gasteiger partial charge in [-0.2, -0.15) is 0 Å². The predicted molar refractivity (Wildman–Crippen MR) is 64.6 cm³/mol. The zero-order valence-corrected chi connectivity index (χ0v) is 9.91. The van der Waals surface area contributed by atoms with Crippen LogP contribution in [0.5, 0.6) is 0 Å². The Morgan fingerprint density at radius 1 is 1.59 bits per heavy atom. The molecule has 0 saturated carbocycles. The van der Waals surface area contributed by atoms with E-state index in [9.17, 15) is 4.39 Å². The topological polar surface area (TPSA) is 29.3 Å². The number of halogens is 1. The molecule has 0 spiro atoms. The fourth-order valence-corrected chi connectivity index (χ4v) is 2.55. The lowest BCUT2D eigenvalue weighted by molar-refractivity contribution is 0.571. The Labute approximate surface area is 99.7 Å². The van der Waals surface area contributed by atoms with Crippen molar-refractivity contribution < 1.29 is 4.39 Å². The number of aryl methyl sites for hydroxylation is 1. The maximum absolute atomic E-state index is 13.1. The average Bonchev–Trinajstić information content (AvgIpc) is 2.89. The molecule has 0 bridgehead atoms. The molecule has 4 heteroatoms. The summed E-state index contributed by atoms with van der Waals surface area (Å²) in [6.07, 6.45) is 3.95. The lowest BCUT2D eigenvalue weighted by atomic mass is 10.0. The summed E-state index contributed by atoms with van der Waals surface area (Å²) in [6, 6.07) is 2.96. The smallest absolute Gasteiger partial charge is 0.140 e. The van der Waals surface area contributed by atoms with Crippen molar-refractivity contribution in [3.05, 3.63) is 35.5 Å². The highest BCUT2D eigenvalue weighted by atomic mass is 19.1. The maximum atomic E-state index is 13.1. The Bertz CT molecular complexity index is 541. The molecule has 1 unspecified atom stereocenters. The first-order valence-electron chi connectivity index (χ1n) is 6.08. The number of fused-ring (bicyclic) bond motifs is 1. The molecule has 3 rings (SSSR count). The molecule has 17 heavy (non-hydrogen) atoms. The summed E-state index contributed by atoms with van der Waals surface area (Å²) in [7, 11) is 0. The Morgan fingerprint density at radius 2 is 2.47 bits per heavy atom. The fourth-order valence-electron chi connectivity index (χ4n) is 2.55. The molecule has 1 saturated heterocycles. The predicted octanol–water partition coefficient (Wildman–Crippen LogP) is 1.93. The number of hydrogen-bond acceptors (Lipinski definition) is 2. The molecule has 2 aromatic rings. The first-order valence-corrected chi connectivity index (χ1v) is 6.08. The average molecular weight is 233 g/mol. The van der Waals surface area contributed by atoms with Gasteiger partial charge < -0.3 is 9.72 Å². The summed E-state index contributed by atoms with van der Waals surface area (Å²) in [5.41, 5.74) is 2.94. The molecule has 1 aliphatic heterocycles. The molecule has 0 amide bonds. The lowest BCUT2D eigenvalue weighted by Gasteiger charge is -2.05. The molecular formula is C13H16FN3. The van der Waals surface area contributed by atoms with Crippen molar-refractivity contribution in [1.82, 2.24) is 14.7 Å². The van der Waals surface area contributed by atoms with Gasteiger partial charge in [0.15, 0.2) is 0 Å². The first-order chi connectivity index (χ1) is 8.24. The van der Waals surface area contributed by atoms with Crippen LogP contribution in [0.1, 0.15) is 17.8 Å². The van der Waals surface area contributed by atoms with Gasteiger partial charge in [-0.1, -0.05) is 0 Å². The van der Waals surface area contributed by atoms with Crippen LogP contribution >= 0.6 is 0 Å². The Kier molecular flexibility index (Phi) is 2.59. The second-order valence-corrected chi connectivity index (χ2v) is 4.78. The van der Waals surface area contributed by atoms with Crippen molar-refractivity contribution in [2.75, 3.05) is 13.1 Å². The fraction of sp³-hybridized carbons (Fsp3) is 0.462. The molecular weight excluding hydrogens is 217 g/mol. The van der Waals surface area contributed by atoms with Crippen molar-refractivity contribution in [3.63, 3.8) is 0 Å². The quantitative estimate of drug-likeness (QED) is 0.859. The van der Waals surface area contributed by atoms with E-state index in [0.29, 0.717) is 11.6 Å². The number of aromatic nitrogens is 2. The SMILES string of the molecule is Cc1c(CC2CCNC2)nc2cc(F)ccn12. The van der Waals surface area contributed by atoms with Gasteiger partial charge in [-0.05, 0) is 44.8 Å². The molecule has 1 aliphatic rings. The molecule has 3 heterocycles. The van der Waals surface area contributed by atoms with Crippen LogP contribution in [-0.2, 0) is 6.42 Å². The van der Waals surface area contributed by atoms with Crippen LogP contribution in [0.2, 0.25) is 0 Å². The number of nitrogens with one attached hydrogen (secondary N) is 1. The monoisotopic (exact) mass is 233 g/mol. The minimum Gasteiger partial charge on any atom is -0.316 e. The Hall–Kier alpha value is -1.42. The third-order valence-electron chi connectivity index (χ3n) is 3.57. The lowest BCUT2D eigenvalue weighted by Crippen LogP contribution is -2.11. The van der Waals surface area contributed by atoms with Gasteiger partial charge in [-0.25, -0.2) is 9.37 Å². The third kappa shape index (κ3) is 1.93. The highest BCUT2D eigenvalue weighted by Crippen LogP contribution is 2.19. The van der Waals surface area contributed by atoms with E-state index in [1.165, 1.54) is 18.6 Å². The summed E-state index contributed by atoms with van der Waals surface area (Å²) in [5, 5.41) is 3.36. The maximum Gasteiger partial charge on any atom is 0.140 e. The number of rotatable bonds is 2. The highest BCUT2D eigenvalue weighted by Gasteiger charge is 2.18. The summed E-state index contributed by atoms with van der Waals surface area (Å²) >= 11 is 0. The third-order valence-corrected chi connectivity index (χ3v) is 3.57. The van der Waals surface area contributed by atoms with Gasteiger partial charge in [0.05, 0.1) is 5.69 Å².